The summed E-state index contributed by atoms with van der Waals surface area (Å²) in [6.45, 7) is 3.60. The lowest BCUT2D eigenvalue weighted by Crippen LogP contribution is -2.36. The highest BCUT2D eigenvalue weighted by molar-refractivity contribution is 6.33. The predicted octanol–water partition coefficient (Wildman–Crippen LogP) is 2.43. The van der Waals surface area contributed by atoms with E-state index >= 15 is 0 Å². The molecule has 1 unspecified atom stereocenters. The molecule has 0 aliphatic rings. The molecule has 7 nitrogen and oxygen atoms in total. The van der Waals surface area contributed by atoms with E-state index in [4.69, 9.17) is 16.7 Å². The van der Waals surface area contributed by atoms with Gasteiger partial charge in [-0.2, -0.15) is 0 Å². The summed E-state index contributed by atoms with van der Waals surface area (Å²) in [5.41, 5.74) is -0.0970. The summed E-state index contributed by atoms with van der Waals surface area (Å²) < 4.78 is 0. The van der Waals surface area contributed by atoms with Crippen LogP contribution in [-0.2, 0) is 4.79 Å². The second-order valence-corrected chi connectivity index (χ2v) is 4.91. The van der Waals surface area contributed by atoms with Crippen molar-refractivity contribution in [3.05, 3.63) is 38.9 Å². The summed E-state index contributed by atoms with van der Waals surface area (Å²) >= 11 is 5.77. The van der Waals surface area contributed by atoms with E-state index in [1.165, 1.54) is 24.0 Å². The molecular formula is C13H15ClN2O5. The number of rotatable bonds is 6. The third-order valence-corrected chi connectivity index (χ3v) is 3.28. The van der Waals surface area contributed by atoms with Gasteiger partial charge in [-0.05, 0) is 19.1 Å². The number of halogens is 1. The minimum absolute atomic E-state index is 0.0548. The van der Waals surface area contributed by atoms with E-state index in [1.807, 2.05) is 0 Å². The largest absolute Gasteiger partial charge is 0.481 e. The molecule has 1 aromatic rings. The molecule has 0 fully saturated rings. The van der Waals surface area contributed by atoms with Crippen LogP contribution >= 0.6 is 11.6 Å². The molecule has 0 aliphatic heterocycles. The third-order valence-electron chi connectivity index (χ3n) is 2.98. The molecule has 1 N–H and O–H groups in total. The first-order valence-electron chi connectivity index (χ1n) is 6.24. The Morgan fingerprint density at radius 1 is 1.48 bits per heavy atom. The maximum atomic E-state index is 12.3. The average Bonchev–Trinajstić information content (AvgIpc) is 2.42. The molecule has 0 saturated carbocycles. The van der Waals surface area contributed by atoms with Gasteiger partial charge in [0.15, 0.2) is 0 Å². The molecule has 0 bridgehead atoms. The summed E-state index contributed by atoms with van der Waals surface area (Å²) in [4.78, 5) is 34.5. The summed E-state index contributed by atoms with van der Waals surface area (Å²) in [6, 6.07) is 3.68. The van der Waals surface area contributed by atoms with Gasteiger partial charge < -0.3 is 10.0 Å². The fraction of sp³-hybridized carbons (Fsp3) is 0.385. The number of amides is 1. The van der Waals surface area contributed by atoms with Crippen LogP contribution in [0.2, 0.25) is 5.02 Å². The average molecular weight is 315 g/mol. The van der Waals surface area contributed by atoms with Gasteiger partial charge in [0.25, 0.3) is 11.6 Å². The molecule has 1 aromatic carbocycles. The summed E-state index contributed by atoms with van der Waals surface area (Å²) in [5.74, 6) is -2.12. The Labute approximate surface area is 126 Å². The van der Waals surface area contributed by atoms with E-state index in [0.717, 1.165) is 6.07 Å². The fourth-order valence-corrected chi connectivity index (χ4v) is 1.98. The molecule has 0 aliphatic carbocycles. The van der Waals surface area contributed by atoms with Gasteiger partial charge in [-0.3, -0.25) is 19.7 Å². The maximum Gasteiger partial charge on any atom is 0.308 e. The van der Waals surface area contributed by atoms with Gasteiger partial charge in [0.1, 0.15) is 5.02 Å². The zero-order chi connectivity index (χ0) is 16.2. The monoisotopic (exact) mass is 314 g/mol. The molecule has 0 heterocycles. The van der Waals surface area contributed by atoms with Crippen molar-refractivity contribution in [2.24, 2.45) is 5.92 Å². The van der Waals surface area contributed by atoms with Crippen molar-refractivity contribution in [1.82, 2.24) is 4.90 Å². The van der Waals surface area contributed by atoms with Crippen LogP contribution < -0.4 is 0 Å². The molecule has 1 rings (SSSR count). The van der Waals surface area contributed by atoms with Crippen molar-refractivity contribution >= 4 is 29.2 Å². The van der Waals surface area contributed by atoms with Crippen LogP contribution in [-0.4, -0.2) is 39.9 Å². The van der Waals surface area contributed by atoms with E-state index < -0.39 is 22.7 Å². The van der Waals surface area contributed by atoms with Gasteiger partial charge in [0.2, 0.25) is 0 Å². The zero-order valence-corrected chi connectivity index (χ0v) is 12.3. The Bertz CT molecular complexity index is 576. The van der Waals surface area contributed by atoms with Gasteiger partial charge in [-0.1, -0.05) is 18.5 Å². The van der Waals surface area contributed by atoms with Crippen LogP contribution in [0.5, 0.6) is 0 Å². The number of nitrogens with zero attached hydrogens (tertiary/aromatic N) is 2. The topological polar surface area (TPSA) is 101 Å². The first-order valence-corrected chi connectivity index (χ1v) is 6.61. The Hall–Kier alpha value is -2.15. The van der Waals surface area contributed by atoms with E-state index in [-0.39, 0.29) is 22.8 Å². The molecule has 1 atom stereocenters. The summed E-state index contributed by atoms with van der Waals surface area (Å²) in [6.07, 6.45) is 0. The van der Waals surface area contributed by atoms with Crippen LogP contribution in [0.25, 0.3) is 0 Å². The standard InChI is InChI=1S/C13H15ClN2O5/c1-3-15(7-8(2)13(18)19)12(17)9-4-5-11(16(20)21)10(14)6-9/h4-6,8H,3,7H2,1-2H3,(H,18,19). The highest BCUT2D eigenvalue weighted by atomic mass is 35.5. The summed E-state index contributed by atoms with van der Waals surface area (Å²) in [7, 11) is 0. The van der Waals surface area contributed by atoms with E-state index in [0.29, 0.717) is 6.54 Å². The predicted molar refractivity (Wildman–Crippen MR) is 76.5 cm³/mol. The molecule has 8 heteroatoms. The lowest BCUT2D eigenvalue weighted by atomic mass is 10.1. The van der Waals surface area contributed by atoms with Crippen LogP contribution in [0.4, 0.5) is 5.69 Å². The number of carbonyl (C=O) groups excluding carboxylic acids is 1. The van der Waals surface area contributed by atoms with Gasteiger partial charge in [-0.25, -0.2) is 0 Å². The van der Waals surface area contributed by atoms with Crippen molar-refractivity contribution in [3.63, 3.8) is 0 Å². The van der Waals surface area contributed by atoms with Gasteiger partial charge >= 0.3 is 5.97 Å². The van der Waals surface area contributed by atoms with Gasteiger partial charge in [0.05, 0.1) is 10.8 Å². The summed E-state index contributed by atoms with van der Waals surface area (Å²) in [5, 5.41) is 19.4. The molecule has 0 aromatic heterocycles. The number of nitro benzene ring substituents is 1. The Morgan fingerprint density at radius 3 is 2.52 bits per heavy atom. The third kappa shape index (κ3) is 4.16. The van der Waals surface area contributed by atoms with Crippen molar-refractivity contribution in [2.75, 3.05) is 13.1 Å². The second-order valence-electron chi connectivity index (χ2n) is 4.51. The number of nitro groups is 1. The SMILES string of the molecule is CCN(CC(C)C(=O)O)C(=O)c1ccc([N+](=O)[O-])c(Cl)c1. The maximum absolute atomic E-state index is 12.3. The van der Waals surface area contributed by atoms with Crippen LogP contribution in [0.1, 0.15) is 24.2 Å². The minimum Gasteiger partial charge on any atom is -0.481 e. The Balaban J connectivity index is 2.98. The smallest absolute Gasteiger partial charge is 0.308 e. The first kappa shape index (κ1) is 16.9. The van der Waals surface area contributed by atoms with E-state index in [9.17, 15) is 19.7 Å². The van der Waals surface area contributed by atoms with Gasteiger partial charge in [-0.15, -0.1) is 0 Å². The molecule has 114 valence electrons. The van der Waals surface area contributed by atoms with Crippen molar-refractivity contribution in [2.45, 2.75) is 13.8 Å². The quantitative estimate of drug-likeness (QED) is 0.642. The normalized spacial score (nSPS) is 11.8. The van der Waals surface area contributed by atoms with Gasteiger partial charge in [0, 0.05) is 24.7 Å². The Kier molecular flexibility index (Phi) is 5.66. The van der Waals surface area contributed by atoms with Crippen LogP contribution in [0, 0.1) is 16.0 Å². The zero-order valence-electron chi connectivity index (χ0n) is 11.6. The van der Waals surface area contributed by atoms with Crippen molar-refractivity contribution in [3.8, 4) is 0 Å². The second kappa shape index (κ2) is 7.03. The number of carboxylic acid groups (broad SMARTS) is 1. The lowest BCUT2D eigenvalue weighted by molar-refractivity contribution is -0.384. The molecule has 0 spiro atoms. The van der Waals surface area contributed by atoms with E-state index in [1.54, 1.807) is 6.92 Å². The molecule has 1 amide bonds. The van der Waals surface area contributed by atoms with Crippen LogP contribution in [0.15, 0.2) is 18.2 Å². The highest BCUT2D eigenvalue weighted by Crippen LogP contribution is 2.25. The highest BCUT2D eigenvalue weighted by Gasteiger charge is 2.22. The number of carbonyl (C=O) groups is 2. The molecular weight excluding hydrogens is 300 g/mol. The first-order chi connectivity index (χ1) is 9.77. The van der Waals surface area contributed by atoms with E-state index in [2.05, 4.69) is 0 Å². The molecule has 0 saturated heterocycles. The van der Waals surface area contributed by atoms with Crippen LogP contribution in [0.3, 0.4) is 0 Å². The minimum atomic E-state index is -0.997. The van der Waals surface area contributed by atoms with Crippen molar-refractivity contribution in [1.29, 1.82) is 0 Å². The number of benzene rings is 1. The Morgan fingerprint density at radius 2 is 2.10 bits per heavy atom. The fourth-order valence-electron chi connectivity index (χ4n) is 1.73. The molecule has 0 radical (unpaired) electrons. The lowest BCUT2D eigenvalue weighted by Gasteiger charge is -2.23. The number of carboxylic acids is 1. The molecule has 21 heavy (non-hydrogen) atoms. The van der Waals surface area contributed by atoms with Crippen molar-refractivity contribution < 1.29 is 19.6 Å². The number of aliphatic carboxylic acids is 1. The number of hydrogen-bond acceptors (Lipinski definition) is 4. The number of hydrogen-bond donors (Lipinski definition) is 1.